The normalized spacial score (nSPS) is 18.6. The van der Waals surface area contributed by atoms with Gasteiger partial charge in [-0.05, 0) is 0 Å². The maximum absolute atomic E-state index is 11.4. The van der Waals surface area contributed by atoms with E-state index in [4.69, 9.17) is 0 Å². The number of fused-ring (bicyclic) bond motifs is 1. The molecule has 1 amide bonds. The van der Waals surface area contributed by atoms with Crippen LogP contribution in [0.1, 0.15) is 11.5 Å². The smallest absolute Gasteiger partial charge is 0.322 e. The van der Waals surface area contributed by atoms with Crippen molar-refractivity contribution in [1.29, 1.82) is 0 Å². The molecule has 1 unspecified atom stereocenters. The molecule has 0 aromatic carbocycles. The maximum atomic E-state index is 11.4. The van der Waals surface area contributed by atoms with Crippen molar-refractivity contribution in [2.45, 2.75) is 5.92 Å². The summed E-state index contributed by atoms with van der Waals surface area (Å²) in [6.45, 7) is 0. The first-order valence-corrected chi connectivity index (χ1v) is 3.92. The highest BCUT2D eigenvalue weighted by Crippen LogP contribution is 2.30. The number of nitrogens with zero attached hydrogens (tertiary/aromatic N) is 2. The molecular weight excluding hydrogens is 186 g/mol. The molecule has 0 fully saturated rings. The van der Waals surface area contributed by atoms with E-state index in [1.54, 1.807) is 0 Å². The summed E-state index contributed by atoms with van der Waals surface area (Å²) in [5.41, 5.74) is 0.462. The summed E-state index contributed by atoms with van der Waals surface area (Å²) in [5, 5.41) is 2.47. The molecule has 0 bridgehead atoms. The largest absolute Gasteiger partial charge is 0.468 e. The quantitative estimate of drug-likeness (QED) is 0.488. The first-order valence-electron chi connectivity index (χ1n) is 3.92. The molecule has 1 aromatic rings. The van der Waals surface area contributed by atoms with Crippen molar-refractivity contribution in [3.63, 3.8) is 0 Å². The Morgan fingerprint density at radius 2 is 2.43 bits per heavy atom. The Morgan fingerprint density at radius 1 is 1.64 bits per heavy atom. The van der Waals surface area contributed by atoms with Gasteiger partial charge in [-0.25, -0.2) is 9.97 Å². The van der Waals surface area contributed by atoms with Crippen LogP contribution in [-0.4, -0.2) is 29.0 Å². The number of anilines is 1. The van der Waals surface area contributed by atoms with Gasteiger partial charge in [0.25, 0.3) is 0 Å². The summed E-state index contributed by atoms with van der Waals surface area (Å²) in [5.74, 6) is -1.58. The lowest BCUT2D eigenvalue weighted by Crippen LogP contribution is -2.21. The van der Waals surface area contributed by atoms with E-state index >= 15 is 0 Å². The van der Waals surface area contributed by atoms with Crippen molar-refractivity contribution in [2.75, 3.05) is 12.4 Å². The maximum Gasteiger partial charge on any atom is 0.322 e. The number of rotatable bonds is 1. The van der Waals surface area contributed by atoms with Crippen LogP contribution in [-0.2, 0) is 14.3 Å². The van der Waals surface area contributed by atoms with E-state index in [2.05, 4.69) is 20.0 Å². The molecule has 1 aliphatic heterocycles. The van der Waals surface area contributed by atoms with Gasteiger partial charge >= 0.3 is 5.97 Å². The average molecular weight is 193 g/mol. The zero-order valence-corrected chi connectivity index (χ0v) is 7.35. The Hall–Kier alpha value is -1.98. The van der Waals surface area contributed by atoms with Gasteiger partial charge in [0.05, 0.1) is 7.11 Å². The fourth-order valence-electron chi connectivity index (χ4n) is 1.34. The van der Waals surface area contributed by atoms with Crippen molar-refractivity contribution in [3.8, 4) is 0 Å². The van der Waals surface area contributed by atoms with Crippen LogP contribution in [0.5, 0.6) is 0 Å². The van der Waals surface area contributed by atoms with Crippen molar-refractivity contribution < 1.29 is 14.3 Å². The van der Waals surface area contributed by atoms with Gasteiger partial charge < -0.3 is 10.1 Å². The van der Waals surface area contributed by atoms with Gasteiger partial charge in [0, 0.05) is 11.8 Å². The Balaban J connectivity index is 2.44. The Kier molecular flexibility index (Phi) is 1.88. The van der Waals surface area contributed by atoms with Gasteiger partial charge in [0.1, 0.15) is 12.1 Å². The summed E-state index contributed by atoms with van der Waals surface area (Å²) in [6, 6.07) is 0. The molecule has 6 nitrogen and oxygen atoms in total. The summed E-state index contributed by atoms with van der Waals surface area (Å²) >= 11 is 0. The highest BCUT2D eigenvalue weighted by atomic mass is 16.5. The number of hydrogen-bond donors (Lipinski definition) is 1. The summed E-state index contributed by atoms with van der Waals surface area (Å²) in [7, 11) is 1.23. The minimum absolute atomic E-state index is 0.375. The zero-order chi connectivity index (χ0) is 10.1. The average Bonchev–Trinajstić information content (AvgIpc) is 2.53. The van der Waals surface area contributed by atoms with E-state index in [9.17, 15) is 9.59 Å². The Bertz CT molecular complexity index is 397. The fraction of sp³-hybridized carbons (Fsp3) is 0.250. The van der Waals surface area contributed by atoms with Crippen LogP contribution in [0.2, 0.25) is 0 Å². The molecule has 2 heterocycles. The molecule has 0 saturated carbocycles. The SMILES string of the molecule is COC(=O)C1C(=O)Nc2ncncc21. The topological polar surface area (TPSA) is 81.2 Å². The number of methoxy groups -OCH3 is 1. The third-order valence-corrected chi connectivity index (χ3v) is 1.99. The lowest BCUT2D eigenvalue weighted by Gasteiger charge is -2.03. The van der Waals surface area contributed by atoms with Gasteiger partial charge in [-0.15, -0.1) is 0 Å². The summed E-state index contributed by atoms with van der Waals surface area (Å²) < 4.78 is 4.51. The molecule has 1 aromatic heterocycles. The zero-order valence-electron chi connectivity index (χ0n) is 7.35. The molecule has 0 spiro atoms. The van der Waals surface area contributed by atoms with Crippen molar-refractivity contribution >= 4 is 17.7 Å². The number of carbonyl (C=O) groups is 2. The number of esters is 1. The van der Waals surface area contributed by atoms with Crippen LogP contribution < -0.4 is 5.32 Å². The number of aromatic nitrogens is 2. The standard InChI is InChI=1S/C8H7N3O3/c1-14-8(13)5-4-2-9-3-10-6(4)11-7(5)12/h2-3,5H,1H3,(H,9,10,11,12). The Labute approximate surface area is 79.3 Å². The van der Waals surface area contributed by atoms with Gasteiger partial charge in [-0.1, -0.05) is 0 Å². The van der Waals surface area contributed by atoms with E-state index in [0.717, 1.165) is 0 Å². The van der Waals surface area contributed by atoms with Crippen LogP contribution in [0.25, 0.3) is 0 Å². The molecule has 72 valence electrons. The molecule has 0 aliphatic carbocycles. The van der Waals surface area contributed by atoms with Crippen molar-refractivity contribution in [3.05, 3.63) is 18.1 Å². The van der Waals surface area contributed by atoms with Gasteiger partial charge in [-0.3, -0.25) is 9.59 Å². The van der Waals surface area contributed by atoms with Crippen molar-refractivity contribution in [2.24, 2.45) is 0 Å². The lowest BCUT2D eigenvalue weighted by atomic mass is 10.1. The molecular formula is C8H7N3O3. The second-order valence-electron chi connectivity index (χ2n) is 2.77. The second kappa shape index (κ2) is 3.06. The number of nitrogens with one attached hydrogen (secondary N) is 1. The van der Waals surface area contributed by atoms with E-state index in [1.807, 2.05) is 0 Å². The van der Waals surface area contributed by atoms with Crippen LogP contribution in [0.15, 0.2) is 12.5 Å². The number of ether oxygens (including phenoxy) is 1. The van der Waals surface area contributed by atoms with E-state index in [-0.39, 0.29) is 0 Å². The highest BCUT2D eigenvalue weighted by Gasteiger charge is 2.38. The van der Waals surface area contributed by atoms with Gasteiger partial charge in [0.15, 0.2) is 5.92 Å². The lowest BCUT2D eigenvalue weighted by molar-refractivity contribution is -0.144. The van der Waals surface area contributed by atoms with Crippen molar-refractivity contribution in [1.82, 2.24) is 9.97 Å². The molecule has 6 heteroatoms. The van der Waals surface area contributed by atoms with Crippen LogP contribution in [0.4, 0.5) is 5.82 Å². The molecule has 1 atom stereocenters. The monoisotopic (exact) mass is 193 g/mol. The highest BCUT2D eigenvalue weighted by molar-refractivity contribution is 6.14. The van der Waals surface area contributed by atoms with E-state index < -0.39 is 17.8 Å². The third kappa shape index (κ3) is 1.12. The number of hydrogen-bond acceptors (Lipinski definition) is 5. The first kappa shape index (κ1) is 8.61. The minimum Gasteiger partial charge on any atom is -0.468 e. The molecule has 2 rings (SSSR count). The van der Waals surface area contributed by atoms with Gasteiger partial charge in [-0.2, -0.15) is 0 Å². The molecule has 1 N–H and O–H groups in total. The summed E-state index contributed by atoms with van der Waals surface area (Å²) in [6.07, 6.45) is 2.74. The Morgan fingerprint density at radius 3 is 3.14 bits per heavy atom. The fourth-order valence-corrected chi connectivity index (χ4v) is 1.34. The third-order valence-electron chi connectivity index (χ3n) is 1.99. The molecule has 0 radical (unpaired) electrons. The molecule has 1 aliphatic rings. The second-order valence-corrected chi connectivity index (χ2v) is 2.77. The number of amides is 1. The predicted molar refractivity (Wildman–Crippen MR) is 45.4 cm³/mol. The minimum atomic E-state index is -0.934. The van der Waals surface area contributed by atoms with E-state index in [1.165, 1.54) is 19.6 Å². The number of carbonyl (C=O) groups excluding carboxylic acids is 2. The van der Waals surface area contributed by atoms with Crippen LogP contribution >= 0.6 is 0 Å². The predicted octanol–water partition coefficient (Wildman–Crippen LogP) is -0.315. The molecule has 0 saturated heterocycles. The summed E-state index contributed by atoms with van der Waals surface area (Å²) in [4.78, 5) is 30.2. The van der Waals surface area contributed by atoms with Crippen LogP contribution in [0.3, 0.4) is 0 Å². The first-order chi connectivity index (χ1) is 6.74. The van der Waals surface area contributed by atoms with E-state index in [0.29, 0.717) is 11.4 Å². The molecule has 14 heavy (non-hydrogen) atoms. The van der Waals surface area contributed by atoms with Crippen LogP contribution in [0, 0.1) is 0 Å². The van der Waals surface area contributed by atoms with Gasteiger partial charge in [0.2, 0.25) is 5.91 Å².